The molecule has 3 aromatic carbocycles. The molecule has 0 spiro atoms. The van der Waals surface area contributed by atoms with Gasteiger partial charge in [0.05, 0.1) is 39.7 Å². The summed E-state index contributed by atoms with van der Waals surface area (Å²) in [5, 5.41) is 11.9. The largest absolute Gasteiger partial charge is 0.496 e. The first-order valence-corrected chi connectivity index (χ1v) is 10.7. The molecule has 0 saturated carbocycles. The molecule has 34 heavy (non-hydrogen) atoms. The van der Waals surface area contributed by atoms with Gasteiger partial charge in [-0.15, -0.1) is 0 Å². The maximum absolute atomic E-state index is 11.0. The number of anilines is 1. The van der Waals surface area contributed by atoms with Gasteiger partial charge in [-0.3, -0.25) is 4.79 Å². The summed E-state index contributed by atoms with van der Waals surface area (Å²) in [5.41, 5.74) is 4.63. The lowest BCUT2D eigenvalue weighted by molar-refractivity contribution is -0.134. The van der Waals surface area contributed by atoms with Crippen LogP contribution in [0.2, 0.25) is 0 Å². The van der Waals surface area contributed by atoms with Crippen molar-refractivity contribution >= 4 is 23.8 Å². The Morgan fingerprint density at radius 1 is 0.853 bits per heavy atom. The van der Waals surface area contributed by atoms with E-state index in [1.165, 1.54) is 0 Å². The summed E-state index contributed by atoms with van der Waals surface area (Å²) in [5.74, 6) is 1.60. The fourth-order valence-corrected chi connectivity index (χ4v) is 3.62. The van der Waals surface area contributed by atoms with Crippen LogP contribution in [-0.4, -0.2) is 46.1 Å². The van der Waals surface area contributed by atoms with Gasteiger partial charge in [0.2, 0.25) is 0 Å². The van der Waals surface area contributed by atoms with E-state index in [1.54, 1.807) is 28.4 Å². The van der Waals surface area contributed by atoms with Crippen LogP contribution >= 0.6 is 0 Å². The number of aliphatic carboxylic acids is 1. The van der Waals surface area contributed by atoms with Crippen LogP contribution in [0.1, 0.15) is 22.3 Å². The first kappa shape index (κ1) is 24.5. The smallest absolute Gasteiger partial charge is 0.322 e. The molecule has 3 aromatic rings. The molecule has 0 fully saturated rings. The molecule has 7 heteroatoms. The molecule has 0 aliphatic heterocycles. The summed E-state index contributed by atoms with van der Waals surface area (Å²) in [6.07, 6.45) is 4.64. The number of hydrogen-bond donors (Lipinski definition) is 2. The van der Waals surface area contributed by atoms with Crippen LogP contribution in [0.15, 0.2) is 54.6 Å². The van der Waals surface area contributed by atoms with Crippen LogP contribution in [0.5, 0.6) is 23.0 Å². The maximum Gasteiger partial charge on any atom is 0.322 e. The lowest BCUT2D eigenvalue weighted by Crippen LogP contribution is -2.13. The summed E-state index contributed by atoms with van der Waals surface area (Å²) in [7, 11) is 6.38. The molecule has 0 amide bonds. The average Bonchev–Trinajstić information content (AvgIpc) is 2.86. The molecule has 0 atom stereocenters. The second-order valence-corrected chi connectivity index (χ2v) is 7.44. The van der Waals surface area contributed by atoms with E-state index in [-0.39, 0.29) is 6.54 Å². The summed E-state index contributed by atoms with van der Waals surface area (Å²) in [6, 6.07) is 17.4. The monoisotopic (exact) mass is 463 g/mol. The van der Waals surface area contributed by atoms with Gasteiger partial charge < -0.3 is 29.4 Å². The average molecular weight is 464 g/mol. The van der Waals surface area contributed by atoms with Crippen LogP contribution < -0.4 is 24.3 Å². The van der Waals surface area contributed by atoms with E-state index >= 15 is 0 Å². The van der Waals surface area contributed by atoms with E-state index in [4.69, 9.17) is 24.1 Å². The number of carboxylic acids is 1. The second-order valence-electron chi connectivity index (χ2n) is 7.44. The Kier molecular flexibility index (Phi) is 8.40. The molecule has 0 saturated heterocycles. The standard InChI is InChI=1S/C27H29NO6/c1-31-21-15-25(33-3)22(26(16-21)34-4)11-10-19-7-5-6-8-20(19)13-18-9-12-24(32-2)23(14-18)28-17-27(29)30/h5-12,14-16,28H,13,17H2,1-4H3,(H,29,30)/b11-10+. The number of methoxy groups -OCH3 is 4. The van der Waals surface area contributed by atoms with Gasteiger partial charge in [-0.2, -0.15) is 0 Å². The summed E-state index contributed by atoms with van der Waals surface area (Å²) >= 11 is 0. The first-order chi connectivity index (χ1) is 16.5. The highest BCUT2D eigenvalue weighted by molar-refractivity contribution is 5.78. The number of nitrogens with one attached hydrogen (secondary N) is 1. The molecule has 0 heterocycles. The van der Waals surface area contributed by atoms with Crippen molar-refractivity contribution in [3.05, 3.63) is 76.9 Å². The van der Waals surface area contributed by atoms with E-state index in [1.807, 2.05) is 60.7 Å². The fraction of sp³-hybridized carbons (Fsp3) is 0.222. The van der Waals surface area contributed by atoms with E-state index < -0.39 is 5.97 Å². The minimum absolute atomic E-state index is 0.190. The van der Waals surface area contributed by atoms with Crippen LogP contribution in [-0.2, 0) is 11.2 Å². The third kappa shape index (κ3) is 6.01. The Bertz CT molecular complexity index is 1150. The van der Waals surface area contributed by atoms with Crippen LogP contribution in [0, 0.1) is 0 Å². The molecule has 0 aliphatic carbocycles. The normalized spacial score (nSPS) is 10.7. The van der Waals surface area contributed by atoms with Crippen molar-refractivity contribution < 1.29 is 28.8 Å². The lowest BCUT2D eigenvalue weighted by Gasteiger charge is -2.14. The quantitative estimate of drug-likeness (QED) is 0.388. The second kappa shape index (κ2) is 11.7. The molecule has 7 nitrogen and oxygen atoms in total. The van der Waals surface area contributed by atoms with Gasteiger partial charge >= 0.3 is 5.97 Å². The van der Waals surface area contributed by atoms with E-state index in [9.17, 15) is 4.79 Å². The van der Waals surface area contributed by atoms with Crippen molar-refractivity contribution in [3.63, 3.8) is 0 Å². The third-order valence-corrected chi connectivity index (χ3v) is 5.33. The molecular weight excluding hydrogens is 434 g/mol. The zero-order chi connectivity index (χ0) is 24.5. The fourth-order valence-electron chi connectivity index (χ4n) is 3.62. The van der Waals surface area contributed by atoms with E-state index in [0.717, 1.165) is 22.3 Å². The van der Waals surface area contributed by atoms with Gasteiger partial charge in [-0.05, 0) is 41.3 Å². The predicted molar refractivity (Wildman–Crippen MR) is 133 cm³/mol. The Labute approximate surface area is 199 Å². The highest BCUT2D eigenvalue weighted by Gasteiger charge is 2.12. The summed E-state index contributed by atoms with van der Waals surface area (Å²) in [4.78, 5) is 11.0. The molecule has 0 radical (unpaired) electrons. The predicted octanol–water partition coefficient (Wildman–Crippen LogP) is 4.98. The van der Waals surface area contributed by atoms with Gasteiger partial charge in [-0.25, -0.2) is 0 Å². The first-order valence-electron chi connectivity index (χ1n) is 10.7. The van der Waals surface area contributed by atoms with Crippen molar-refractivity contribution in [1.82, 2.24) is 0 Å². The van der Waals surface area contributed by atoms with Gasteiger partial charge in [-0.1, -0.05) is 36.4 Å². The highest BCUT2D eigenvalue weighted by Crippen LogP contribution is 2.35. The Morgan fingerprint density at radius 3 is 2.15 bits per heavy atom. The van der Waals surface area contributed by atoms with Crippen molar-refractivity contribution in [3.8, 4) is 23.0 Å². The number of carbonyl (C=O) groups is 1. The minimum Gasteiger partial charge on any atom is -0.496 e. The van der Waals surface area contributed by atoms with E-state index in [0.29, 0.717) is 35.1 Å². The lowest BCUT2D eigenvalue weighted by atomic mass is 9.98. The van der Waals surface area contributed by atoms with Crippen LogP contribution in [0.4, 0.5) is 5.69 Å². The number of ether oxygens (including phenoxy) is 4. The topological polar surface area (TPSA) is 86.2 Å². The zero-order valence-corrected chi connectivity index (χ0v) is 19.8. The van der Waals surface area contributed by atoms with Gasteiger partial charge in [0.1, 0.15) is 29.5 Å². The Morgan fingerprint density at radius 2 is 1.53 bits per heavy atom. The molecule has 0 aliphatic rings. The third-order valence-electron chi connectivity index (χ3n) is 5.33. The molecular formula is C27H29NO6. The molecule has 0 aromatic heterocycles. The van der Waals surface area contributed by atoms with Gasteiger partial charge in [0.15, 0.2) is 0 Å². The molecule has 2 N–H and O–H groups in total. The maximum atomic E-state index is 11.0. The highest BCUT2D eigenvalue weighted by atomic mass is 16.5. The number of hydrogen-bond acceptors (Lipinski definition) is 6. The Balaban J connectivity index is 1.91. The minimum atomic E-state index is -0.938. The van der Waals surface area contributed by atoms with Crippen LogP contribution in [0.25, 0.3) is 12.2 Å². The van der Waals surface area contributed by atoms with Crippen molar-refractivity contribution in [2.75, 3.05) is 40.3 Å². The molecule has 178 valence electrons. The molecule has 0 unspecified atom stereocenters. The van der Waals surface area contributed by atoms with Crippen molar-refractivity contribution in [1.29, 1.82) is 0 Å². The van der Waals surface area contributed by atoms with Gasteiger partial charge in [0, 0.05) is 12.1 Å². The van der Waals surface area contributed by atoms with E-state index in [2.05, 4.69) is 11.4 Å². The number of carboxylic acid groups (broad SMARTS) is 1. The zero-order valence-electron chi connectivity index (χ0n) is 19.8. The molecule has 0 bridgehead atoms. The summed E-state index contributed by atoms with van der Waals surface area (Å²) < 4.78 is 21.8. The Hall–Kier alpha value is -4.13. The summed E-state index contributed by atoms with van der Waals surface area (Å²) in [6.45, 7) is -0.190. The van der Waals surface area contributed by atoms with Crippen molar-refractivity contribution in [2.24, 2.45) is 0 Å². The SMILES string of the molecule is COc1cc(OC)c(/C=C/c2ccccc2Cc2ccc(OC)c(NCC(=O)O)c2)c(OC)c1. The molecule has 3 rings (SSSR count). The van der Waals surface area contributed by atoms with Crippen molar-refractivity contribution in [2.45, 2.75) is 6.42 Å². The number of benzene rings is 3. The number of rotatable bonds is 11. The van der Waals surface area contributed by atoms with Crippen LogP contribution in [0.3, 0.4) is 0 Å². The van der Waals surface area contributed by atoms with Gasteiger partial charge in [0.25, 0.3) is 0 Å².